The normalized spacial score (nSPS) is 12.3. The maximum atomic E-state index is 5.72. The molecule has 0 spiro atoms. The monoisotopic (exact) mass is 326 g/mol. The molecule has 0 saturated heterocycles. The molecule has 0 fully saturated rings. The van der Waals surface area contributed by atoms with Gasteiger partial charge in [-0.3, -0.25) is 0 Å². The molecule has 2 rings (SSSR count). The molecular weight excluding hydrogens is 308 g/mol. The summed E-state index contributed by atoms with van der Waals surface area (Å²) in [5, 5.41) is 7.86. The van der Waals surface area contributed by atoms with Gasteiger partial charge < -0.3 is 4.74 Å². The third-order valence-electron chi connectivity index (χ3n) is 3.03. The molecule has 0 aliphatic rings. The Morgan fingerprint density at radius 3 is 2.65 bits per heavy atom. The van der Waals surface area contributed by atoms with Crippen molar-refractivity contribution in [2.45, 2.75) is 34.9 Å². The highest BCUT2D eigenvalue weighted by molar-refractivity contribution is 8.01. The lowest BCUT2D eigenvalue weighted by molar-refractivity contribution is 0.344. The first-order valence-corrected chi connectivity index (χ1v) is 8.82. The van der Waals surface area contributed by atoms with E-state index in [1.165, 1.54) is 16.9 Å². The number of rotatable bonds is 7. The maximum absolute atomic E-state index is 5.72. The van der Waals surface area contributed by atoms with Gasteiger partial charge in [0.2, 0.25) is 0 Å². The van der Waals surface area contributed by atoms with E-state index in [-0.39, 0.29) is 0 Å². The molecule has 2 aromatic rings. The van der Waals surface area contributed by atoms with E-state index >= 15 is 0 Å². The van der Waals surface area contributed by atoms with E-state index in [0.29, 0.717) is 16.9 Å². The fraction of sp³-hybridized carbons (Fsp3) is 0.429. The van der Waals surface area contributed by atoms with E-state index in [9.17, 15) is 0 Å². The van der Waals surface area contributed by atoms with E-state index in [1.54, 1.807) is 11.8 Å². The second kappa shape index (κ2) is 7.90. The van der Waals surface area contributed by atoms with Gasteiger partial charge in [0.15, 0.2) is 8.68 Å². The van der Waals surface area contributed by atoms with Gasteiger partial charge in [0.1, 0.15) is 5.75 Å². The first-order chi connectivity index (χ1) is 9.69. The average molecular weight is 327 g/mol. The molecule has 0 bridgehead atoms. The number of nitrogens with zero attached hydrogens (tertiary/aromatic N) is 2. The number of thioether (sulfide) groups is 1. The lowest BCUT2D eigenvalue weighted by Gasteiger charge is -2.10. The zero-order chi connectivity index (χ0) is 14.4. The summed E-state index contributed by atoms with van der Waals surface area (Å²) in [5.74, 6) is 2.38. The third kappa shape index (κ3) is 4.68. The predicted octanol–water partition coefficient (Wildman–Crippen LogP) is 4.51. The third-order valence-corrected chi connectivity index (χ3v) is 5.22. The molecule has 1 aromatic carbocycles. The first kappa shape index (κ1) is 15.7. The van der Waals surface area contributed by atoms with Gasteiger partial charge in [-0.25, -0.2) is 0 Å². The summed E-state index contributed by atoms with van der Waals surface area (Å²) < 4.78 is 7.36. The van der Waals surface area contributed by atoms with Gasteiger partial charge in [0.25, 0.3) is 0 Å². The fourth-order valence-corrected chi connectivity index (χ4v) is 3.65. The summed E-state index contributed by atoms with van der Waals surface area (Å²) in [6, 6.07) is 8.38. The van der Waals surface area contributed by atoms with E-state index in [4.69, 9.17) is 4.74 Å². The van der Waals surface area contributed by atoms with Crippen LogP contribution in [0.3, 0.4) is 0 Å². The first-order valence-electron chi connectivity index (χ1n) is 6.57. The highest BCUT2D eigenvalue weighted by Gasteiger charge is 2.04. The van der Waals surface area contributed by atoms with Crippen molar-refractivity contribution in [3.8, 4) is 5.75 Å². The zero-order valence-corrected chi connectivity index (χ0v) is 14.1. The van der Waals surface area contributed by atoms with Gasteiger partial charge in [-0.1, -0.05) is 49.1 Å². The quantitative estimate of drug-likeness (QED) is 0.461. The second-order valence-corrected chi connectivity index (χ2v) is 7.47. The minimum Gasteiger partial charge on any atom is -0.493 e. The van der Waals surface area contributed by atoms with Crippen LogP contribution in [0.4, 0.5) is 0 Å². The van der Waals surface area contributed by atoms with Crippen LogP contribution in [0.5, 0.6) is 5.75 Å². The van der Waals surface area contributed by atoms with Crippen molar-refractivity contribution in [2.75, 3.05) is 12.4 Å². The molecular formula is C14H18N2OS3. The standard InChI is InChI=1S/C14H18N2OS3/c1-3-10(2)11-4-6-12(7-5-11)17-8-9-19-14-16-15-13(18)20-14/h4-7,10H,3,8-9H2,1-2H3,(H,15,18). The second-order valence-electron chi connectivity index (χ2n) is 4.43. The summed E-state index contributed by atoms with van der Waals surface area (Å²) in [4.78, 5) is 0. The van der Waals surface area contributed by atoms with E-state index < -0.39 is 0 Å². The van der Waals surface area contributed by atoms with Gasteiger partial charge in [-0.05, 0) is 30.0 Å². The van der Waals surface area contributed by atoms with Crippen LogP contribution in [0.15, 0.2) is 32.9 Å². The van der Waals surface area contributed by atoms with Crippen LogP contribution in [0.25, 0.3) is 0 Å². The van der Waals surface area contributed by atoms with Crippen LogP contribution >= 0.6 is 35.7 Å². The molecule has 1 unspecified atom stereocenters. The smallest absolute Gasteiger partial charge is 0.175 e. The summed E-state index contributed by atoms with van der Waals surface area (Å²) in [5.41, 5.74) is 1.37. The predicted molar refractivity (Wildman–Crippen MR) is 88.5 cm³/mol. The summed E-state index contributed by atoms with van der Waals surface area (Å²) >= 11 is 7.28. The van der Waals surface area contributed by atoms with Gasteiger partial charge in [-0.2, -0.15) is 0 Å². The maximum Gasteiger partial charge on any atom is 0.175 e. The van der Waals surface area contributed by atoms with Crippen molar-refractivity contribution >= 4 is 35.7 Å². The summed E-state index contributed by atoms with van der Waals surface area (Å²) in [6.45, 7) is 5.11. The molecule has 0 amide bonds. The number of thiol groups is 1. The SMILES string of the molecule is CCC(C)c1ccc(OCCSc2nnc(S)s2)cc1. The Bertz CT molecular complexity index is 527. The van der Waals surface area contributed by atoms with Gasteiger partial charge in [-0.15, -0.1) is 22.8 Å². The van der Waals surface area contributed by atoms with Crippen molar-refractivity contribution in [2.24, 2.45) is 0 Å². The zero-order valence-electron chi connectivity index (χ0n) is 11.6. The van der Waals surface area contributed by atoms with Crippen molar-refractivity contribution in [1.82, 2.24) is 10.2 Å². The molecule has 0 radical (unpaired) electrons. The highest BCUT2D eigenvalue weighted by atomic mass is 32.2. The number of ether oxygens (including phenoxy) is 1. The Morgan fingerprint density at radius 1 is 1.30 bits per heavy atom. The van der Waals surface area contributed by atoms with Crippen LogP contribution in [-0.2, 0) is 0 Å². The van der Waals surface area contributed by atoms with E-state index in [2.05, 4.69) is 48.8 Å². The minimum absolute atomic E-state index is 0.604. The topological polar surface area (TPSA) is 35.0 Å². The number of hydrogen-bond donors (Lipinski definition) is 1. The lowest BCUT2D eigenvalue weighted by atomic mass is 9.99. The largest absolute Gasteiger partial charge is 0.493 e. The molecule has 0 aliphatic carbocycles. The van der Waals surface area contributed by atoms with Crippen LogP contribution < -0.4 is 4.74 Å². The van der Waals surface area contributed by atoms with Crippen molar-refractivity contribution < 1.29 is 4.74 Å². The molecule has 1 heterocycles. The van der Waals surface area contributed by atoms with Crippen LogP contribution in [-0.4, -0.2) is 22.6 Å². The Kier molecular flexibility index (Phi) is 6.19. The van der Waals surface area contributed by atoms with Crippen LogP contribution in [0.2, 0.25) is 0 Å². The lowest BCUT2D eigenvalue weighted by Crippen LogP contribution is -2.00. The molecule has 0 aliphatic heterocycles. The molecule has 20 heavy (non-hydrogen) atoms. The molecule has 108 valence electrons. The molecule has 1 atom stereocenters. The minimum atomic E-state index is 0.604. The van der Waals surface area contributed by atoms with Crippen molar-refractivity contribution in [3.63, 3.8) is 0 Å². The van der Waals surface area contributed by atoms with Crippen LogP contribution in [0.1, 0.15) is 31.7 Å². The Balaban J connectivity index is 1.74. The average Bonchev–Trinajstić information content (AvgIpc) is 2.89. The molecule has 0 N–H and O–H groups in total. The number of benzene rings is 1. The fourth-order valence-electron chi connectivity index (χ4n) is 1.68. The Morgan fingerprint density at radius 2 is 2.05 bits per heavy atom. The number of aromatic nitrogens is 2. The Hall–Kier alpha value is -0.720. The summed E-state index contributed by atoms with van der Waals surface area (Å²) in [6.07, 6.45) is 1.16. The van der Waals surface area contributed by atoms with Crippen molar-refractivity contribution in [1.29, 1.82) is 0 Å². The van der Waals surface area contributed by atoms with E-state index in [0.717, 1.165) is 22.3 Å². The van der Waals surface area contributed by atoms with Gasteiger partial charge in [0, 0.05) is 5.75 Å². The summed E-state index contributed by atoms with van der Waals surface area (Å²) in [7, 11) is 0. The molecule has 3 nitrogen and oxygen atoms in total. The van der Waals surface area contributed by atoms with E-state index in [1.807, 2.05) is 12.1 Å². The number of hydrogen-bond acceptors (Lipinski definition) is 6. The molecule has 0 saturated carbocycles. The van der Waals surface area contributed by atoms with Gasteiger partial charge >= 0.3 is 0 Å². The van der Waals surface area contributed by atoms with Crippen molar-refractivity contribution in [3.05, 3.63) is 29.8 Å². The Labute approximate surface area is 133 Å². The molecule has 1 aromatic heterocycles. The molecule has 6 heteroatoms. The highest BCUT2D eigenvalue weighted by Crippen LogP contribution is 2.24. The van der Waals surface area contributed by atoms with Crippen LogP contribution in [0, 0.1) is 0 Å². The van der Waals surface area contributed by atoms with Gasteiger partial charge in [0.05, 0.1) is 6.61 Å².